The van der Waals surface area contributed by atoms with Crippen LogP contribution in [-0.4, -0.2) is 24.4 Å². The molecule has 5 heteroatoms. The van der Waals surface area contributed by atoms with Crippen LogP contribution in [0, 0.1) is 11.2 Å². The average Bonchev–Trinajstić information content (AvgIpc) is 3.24. The van der Waals surface area contributed by atoms with E-state index < -0.39 is 5.41 Å². The van der Waals surface area contributed by atoms with E-state index in [4.69, 9.17) is 0 Å². The molecule has 1 aromatic carbocycles. The van der Waals surface area contributed by atoms with Crippen molar-refractivity contribution in [3.63, 3.8) is 0 Å². The Morgan fingerprint density at radius 2 is 1.81 bits per heavy atom. The quantitative estimate of drug-likeness (QED) is 0.785. The van der Waals surface area contributed by atoms with Crippen molar-refractivity contribution >= 4 is 11.8 Å². The first-order valence-corrected chi connectivity index (χ1v) is 7.23. The Labute approximate surface area is 124 Å². The normalized spacial score (nSPS) is 14.6. The van der Waals surface area contributed by atoms with Crippen LogP contribution >= 0.6 is 0 Å². The molecule has 1 aromatic rings. The van der Waals surface area contributed by atoms with Crippen LogP contribution in [0.4, 0.5) is 4.39 Å². The average molecular weight is 292 g/mol. The summed E-state index contributed by atoms with van der Waals surface area (Å²) in [6.07, 6.45) is 2.59. The number of rotatable bonds is 6. The van der Waals surface area contributed by atoms with E-state index in [0.29, 0.717) is 13.0 Å². The van der Waals surface area contributed by atoms with Gasteiger partial charge in [-0.1, -0.05) is 12.1 Å². The van der Waals surface area contributed by atoms with Gasteiger partial charge >= 0.3 is 0 Å². The summed E-state index contributed by atoms with van der Waals surface area (Å²) >= 11 is 0. The minimum absolute atomic E-state index is 0.232. The van der Waals surface area contributed by atoms with E-state index in [1.807, 2.05) is 0 Å². The predicted molar refractivity (Wildman–Crippen MR) is 78.1 cm³/mol. The number of carbonyl (C=O) groups excluding carboxylic acids is 2. The third-order valence-electron chi connectivity index (χ3n) is 3.66. The molecule has 4 nitrogen and oxygen atoms in total. The summed E-state index contributed by atoms with van der Waals surface area (Å²) in [5.74, 6) is -0.798. The summed E-state index contributed by atoms with van der Waals surface area (Å²) in [5, 5.41) is 5.62. The first-order valence-electron chi connectivity index (χ1n) is 7.23. The van der Waals surface area contributed by atoms with Gasteiger partial charge in [-0.3, -0.25) is 9.59 Å². The molecule has 0 unspecified atom stereocenters. The van der Waals surface area contributed by atoms with Crippen molar-refractivity contribution < 1.29 is 14.0 Å². The van der Waals surface area contributed by atoms with Gasteiger partial charge in [0.05, 0.1) is 0 Å². The van der Waals surface area contributed by atoms with Gasteiger partial charge in [0.25, 0.3) is 0 Å². The molecule has 0 saturated heterocycles. The second-order valence-corrected chi connectivity index (χ2v) is 6.01. The smallest absolute Gasteiger partial charge is 0.235 e. The lowest BCUT2D eigenvalue weighted by atomic mass is 9.91. The van der Waals surface area contributed by atoms with Crippen molar-refractivity contribution in [3.8, 4) is 0 Å². The number of benzene rings is 1. The minimum atomic E-state index is -1.08. The molecule has 114 valence electrons. The predicted octanol–water partition coefficient (Wildman–Crippen LogP) is 1.79. The minimum Gasteiger partial charge on any atom is -0.355 e. The van der Waals surface area contributed by atoms with Crippen LogP contribution in [0.25, 0.3) is 0 Å². The molecular weight excluding hydrogens is 271 g/mol. The molecular formula is C16H21FN2O2. The Morgan fingerprint density at radius 1 is 1.19 bits per heavy atom. The Morgan fingerprint density at radius 3 is 2.38 bits per heavy atom. The molecule has 0 bridgehead atoms. The van der Waals surface area contributed by atoms with E-state index in [2.05, 4.69) is 10.6 Å². The maximum atomic E-state index is 12.8. The highest BCUT2D eigenvalue weighted by atomic mass is 19.1. The SMILES string of the molecule is CC(C)(C(=O)NCCc1ccc(F)cc1)C(=O)NC1CC1. The zero-order valence-corrected chi connectivity index (χ0v) is 12.4. The highest BCUT2D eigenvalue weighted by Crippen LogP contribution is 2.22. The Kier molecular flexibility index (Phi) is 4.60. The summed E-state index contributed by atoms with van der Waals surface area (Å²) in [5.41, 5.74) is -0.136. The first kappa shape index (κ1) is 15.5. The molecule has 0 radical (unpaired) electrons. The lowest BCUT2D eigenvalue weighted by Crippen LogP contribution is -2.48. The zero-order chi connectivity index (χ0) is 15.5. The third-order valence-corrected chi connectivity index (χ3v) is 3.66. The van der Waals surface area contributed by atoms with E-state index >= 15 is 0 Å². The van der Waals surface area contributed by atoms with Crippen molar-refractivity contribution in [2.24, 2.45) is 5.41 Å². The summed E-state index contributed by atoms with van der Waals surface area (Å²) in [6, 6.07) is 6.40. The number of carbonyl (C=O) groups is 2. The second kappa shape index (κ2) is 6.24. The number of hydrogen-bond donors (Lipinski definition) is 2. The molecule has 2 N–H and O–H groups in total. The number of halogens is 1. The van der Waals surface area contributed by atoms with Crippen molar-refractivity contribution in [1.82, 2.24) is 10.6 Å². The topological polar surface area (TPSA) is 58.2 Å². The van der Waals surface area contributed by atoms with Gasteiger partial charge in [-0.15, -0.1) is 0 Å². The first-order chi connectivity index (χ1) is 9.89. The Bertz CT molecular complexity index is 522. The summed E-state index contributed by atoms with van der Waals surface area (Å²) in [7, 11) is 0. The van der Waals surface area contributed by atoms with E-state index in [-0.39, 0.29) is 23.7 Å². The van der Waals surface area contributed by atoms with Crippen LogP contribution in [0.3, 0.4) is 0 Å². The molecule has 2 rings (SSSR count). The lowest BCUT2D eigenvalue weighted by molar-refractivity contribution is -0.141. The summed E-state index contributed by atoms with van der Waals surface area (Å²) < 4.78 is 12.8. The van der Waals surface area contributed by atoms with Gasteiger partial charge < -0.3 is 10.6 Å². The lowest BCUT2D eigenvalue weighted by Gasteiger charge is -2.22. The third kappa shape index (κ3) is 4.28. The molecule has 0 spiro atoms. The molecule has 0 atom stereocenters. The van der Waals surface area contributed by atoms with Crippen LogP contribution in [-0.2, 0) is 16.0 Å². The maximum Gasteiger partial charge on any atom is 0.235 e. The van der Waals surface area contributed by atoms with Gasteiger partial charge in [0, 0.05) is 12.6 Å². The Balaban J connectivity index is 1.79. The molecule has 0 aromatic heterocycles. The standard InChI is InChI=1S/C16H21FN2O2/c1-16(2,15(21)19-13-7-8-13)14(20)18-10-9-11-3-5-12(17)6-4-11/h3-6,13H,7-10H2,1-2H3,(H,18,20)(H,19,21). The van der Waals surface area contributed by atoms with Crippen molar-refractivity contribution in [2.75, 3.05) is 6.54 Å². The second-order valence-electron chi connectivity index (χ2n) is 6.01. The van der Waals surface area contributed by atoms with Crippen LogP contribution in [0.15, 0.2) is 24.3 Å². The van der Waals surface area contributed by atoms with Crippen LogP contribution in [0.2, 0.25) is 0 Å². The molecule has 1 aliphatic rings. The number of amides is 2. The van der Waals surface area contributed by atoms with E-state index in [1.165, 1.54) is 12.1 Å². The fourth-order valence-corrected chi connectivity index (χ4v) is 1.89. The van der Waals surface area contributed by atoms with Crippen LogP contribution < -0.4 is 10.6 Å². The molecule has 0 heterocycles. The van der Waals surface area contributed by atoms with Crippen molar-refractivity contribution in [2.45, 2.75) is 39.2 Å². The van der Waals surface area contributed by atoms with Crippen molar-refractivity contribution in [3.05, 3.63) is 35.6 Å². The van der Waals surface area contributed by atoms with Gasteiger partial charge in [-0.2, -0.15) is 0 Å². The van der Waals surface area contributed by atoms with Crippen molar-refractivity contribution in [1.29, 1.82) is 0 Å². The molecule has 1 fully saturated rings. The molecule has 1 aliphatic carbocycles. The van der Waals surface area contributed by atoms with E-state index in [1.54, 1.807) is 26.0 Å². The highest BCUT2D eigenvalue weighted by molar-refractivity contribution is 6.04. The summed E-state index contributed by atoms with van der Waals surface area (Å²) in [6.45, 7) is 3.67. The van der Waals surface area contributed by atoms with Crippen LogP contribution in [0.5, 0.6) is 0 Å². The van der Waals surface area contributed by atoms with Gasteiger partial charge in [-0.25, -0.2) is 4.39 Å². The van der Waals surface area contributed by atoms with Gasteiger partial charge in [-0.05, 0) is 50.8 Å². The molecule has 1 saturated carbocycles. The van der Waals surface area contributed by atoms with E-state index in [0.717, 1.165) is 18.4 Å². The molecule has 21 heavy (non-hydrogen) atoms. The van der Waals surface area contributed by atoms with Gasteiger partial charge in [0.1, 0.15) is 11.2 Å². The number of hydrogen-bond acceptors (Lipinski definition) is 2. The summed E-state index contributed by atoms with van der Waals surface area (Å²) in [4.78, 5) is 24.1. The van der Waals surface area contributed by atoms with E-state index in [9.17, 15) is 14.0 Å². The Hall–Kier alpha value is -1.91. The monoisotopic (exact) mass is 292 g/mol. The fourth-order valence-electron chi connectivity index (χ4n) is 1.89. The van der Waals surface area contributed by atoms with Crippen LogP contribution in [0.1, 0.15) is 32.3 Å². The maximum absolute atomic E-state index is 12.8. The number of nitrogens with one attached hydrogen (secondary N) is 2. The van der Waals surface area contributed by atoms with Gasteiger partial charge in [0.2, 0.25) is 11.8 Å². The van der Waals surface area contributed by atoms with Gasteiger partial charge in [0.15, 0.2) is 0 Å². The molecule has 0 aliphatic heterocycles. The largest absolute Gasteiger partial charge is 0.355 e. The zero-order valence-electron chi connectivity index (χ0n) is 12.4. The highest BCUT2D eigenvalue weighted by Gasteiger charge is 2.38. The molecule has 2 amide bonds. The fraction of sp³-hybridized carbons (Fsp3) is 0.500.